The van der Waals surface area contributed by atoms with Gasteiger partial charge < -0.3 is 17.2 Å². The molecule has 0 radical (unpaired) electrons. The van der Waals surface area contributed by atoms with Crippen LogP contribution in [0.3, 0.4) is 0 Å². The van der Waals surface area contributed by atoms with Gasteiger partial charge in [0.1, 0.15) is 11.6 Å². The first-order chi connectivity index (χ1) is 14.2. The fourth-order valence-corrected chi connectivity index (χ4v) is 4.15. The summed E-state index contributed by atoms with van der Waals surface area (Å²) in [5.74, 6) is -0.0208. The molecule has 1 aromatic heterocycles. The summed E-state index contributed by atoms with van der Waals surface area (Å²) < 4.78 is 0. The highest BCUT2D eigenvalue weighted by Gasteiger charge is 2.26. The minimum absolute atomic E-state index is 0.0323. The molecule has 11 heteroatoms. The molecule has 0 amide bonds. The quantitative estimate of drug-likeness (QED) is 0.267. The average molecular weight is 465 g/mol. The summed E-state index contributed by atoms with van der Waals surface area (Å²) in [6, 6.07) is 12.9. The molecule has 30 heavy (non-hydrogen) atoms. The number of nitro groups is 1. The van der Waals surface area contributed by atoms with Crippen molar-refractivity contribution < 1.29 is 4.92 Å². The van der Waals surface area contributed by atoms with Crippen molar-refractivity contribution in [3.05, 3.63) is 79.3 Å². The summed E-state index contributed by atoms with van der Waals surface area (Å²) in [7, 11) is 0. The zero-order valence-electron chi connectivity index (χ0n) is 15.6. The minimum Gasteiger partial charge on any atom is -0.383 e. The molecule has 0 aliphatic rings. The van der Waals surface area contributed by atoms with E-state index in [1.54, 1.807) is 30.0 Å². The van der Waals surface area contributed by atoms with E-state index in [4.69, 9.17) is 40.4 Å². The van der Waals surface area contributed by atoms with E-state index in [-0.39, 0.29) is 17.6 Å². The van der Waals surface area contributed by atoms with Crippen LogP contribution in [0.1, 0.15) is 22.6 Å². The molecule has 0 aliphatic carbocycles. The highest BCUT2D eigenvalue weighted by molar-refractivity contribution is 7.98. The van der Waals surface area contributed by atoms with Crippen LogP contribution in [0.25, 0.3) is 0 Å². The molecule has 0 saturated heterocycles. The van der Waals surface area contributed by atoms with Gasteiger partial charge in [0.2, 0.25) is 12.5 Å². The van der Waals surface area contributed by atoms with Crippen LogP contribution in [-0.2, 0) is 5.75 Å². The number of aromatic nitrogens is 2. The molecular formula is C19H18Cl2N6O2S. The maximum absolute atomic E-state index is 11.3. The second-order valence-corrected chi connectivity index (χ2v) is 8.30. The van der Waals surface area contributed by atoms with E-state index in [0.717, 1.165) is 10.5 Å². The van der Waals surface area contributed by atoms with Crippen molar-refractivity contribution in [1.82, 2.24) is 9.97 Å². The summed E-state index contributed by atoms with van der Waals surface area (Å²) in [6.07, 6.45) is 0. The Labute approximate surface area is 186 Å². The first kappa shape index (κ1) is 21.9. The van der Waals surface area contributed by atoms with Crippen molar-refractivity contribution >= 4 is 52.5 Å². The topological polar surface area (TPSA) is 147 Å². The molecular weight excluding hydrogens is 447 g/mol. The Morgan fingerprint density at radius 1 is 1.00 bits per heavy atom. The number of anilines is 3. The summed E-state index contributed by atoms with van der Waals surface area (Å²) in [5.41, 5.74) is 19.5. The SMILES string of the molecule is Nc1nc(N)c(C(C[N+](=O)[O-])c2ccc(SCc3ccc(Cl)c(Cl)c3)cc2)c(N)n1. The number of halogens is 2. The fraction of sp³-hybridized carbons (Fsp3) is 0.158. The van der Waals surface area contributed by atoms with Gasteiger partial charge in [-0.05, 0) is 35.4 Å². The molecule has 156 valence electrons. The van der Waals surface area contributed by atoms with E-state index >= 15 is 0 Å². The van der Waals surface area contributed by atoms with Crippen molar-refractivity contribution in [1.29, 1.82) is 0 Å². The molecule has 1 unspecified atom stereocenters. The lowest BCUT2D eigenvalue weighted by atomic mass is 9.91. The molecule has 0 fully saturated rings. The van der Waals surface area contributed by atoms with E-state index in [2.05, 4.69) is 9.97 Å². The van der Waals surface area contributed by atoms with E-state index in [1.807, 2.05) is 24.3 Å². The molecule has 3 aromatic rings. The second kappa shape index (κ2) is 9.38. The number of nitrogens with two attached hydrogens (primary N) is 3. The summed E-state index contributed by atoms with van der Waals surface area (Å²) >= 11 is 13.6. The Bertz CT molecular complexity index is 1060. The van der Waals surface area contributed by atoms with E-state index in [1.165, 1.54) is 0 Å². The highest BCUT2D eigenvalue weighted by Crippen LogP contribution is 2.34. The van der Waals surface area contributed by atoms with Crippen LogP contribution in [0.15, 0.2) is 47.4 Å². The summed E-state index contributed by atoms with van der Waals surface area (Å²) in [6.45, 7) is -0.405. The summed E-state index contributed by atoms with van der Waals surface area (Å²) in [5, 5.41) is 12.3. The predicted octanol–water partition coefficient (Wildman–Crippen LogP) is 4.23. The van der Waals surface area contributed by atoms with E-state index in [0.29, 0.717) is 26.9 Å². The molecule has 6 N–H and O–H groups in total. The standard InChI is InChI=1S/C19H18Cl2N6O2S/c20-14-6-1-10(7-15(14)21)9-30-12-4-2-11(3-5-12)13(8-27(28)29)16-17(22)25-19(24)26-18(16)23/h1-7,13H,8-9H2,(H6,22,23,24,25,26). The Kier molecular flexibility index (Phi) is 6.86. The molecule has 0 aliphatic heterocycles. The van der Waals surface area contributed by atoms with Crippen LogP contribution >= 0.6 is 35.0 Å². The molecule has 0 saturated carbocycles. The van der Waals surface area contributed by atoms with Gasteiger partial charge in [-0.25, -0.2) is 0 Å². The lowest BCUT2D eigenvalue weighted by Crippen LogP contribution is -2.19. The Morgan fingerprint density at radius 3 is 2.20 bits per heavy atom. The predicted molar refractivity (Wildman–Crippen MR) is 121 cm³/mol. The Morgan fingerprint density at radius 2 is 1.63 bits per heavy atom. The van der Waals surface area contributed by atoms with Crippen LogP contribution in [0.4, 0.5) is 17.6 Å². The average Bonchev–Trinajstić information content (AvgIpc) is 2.67. The fourth-order valence-electron chi connectivity index (χ4n) is 2.99. The molecule has 2 aromatic carbocycles. The third kappa shape index (κ3) is 5.24. The molecule has 1 heterocycles. The maximum Gasteiger partial charge on any atom is 0.223 e. The van der Waals surface area contributed by atoms with Crippen molar-refractivity contribution in [2.45, 2.75) is 16.6 Å². The second-order valence-electron chi connectivity index (χ2n) is 6.44. The monoisotopic (exact) mass is 464 g/mol. The van der Waals surface area contributed by atoms with Crippen molar-refractivity contribution in [2.75, 3.05) is 23.7 Å². The molecule has 0 bridgehead atoms. The van der Waals surface area contributed by atoms with Crippen molar-refractivity contribution in [3.8, 4) is 0 Å². The number of hydrogen-bond donors (Lipinski definition) is 3. The third-order valence-electron chi connectivity index (χ3n) is 4.37. The van der Waals surface area contributed by atoms with Crippen molar-refractivity contribution in [2.24, 2.45) is 0 Å². The zero-order chi connectivity index (χ0) is 21.8. The third-order valence-corrected chi connectivity index (χ3v) is 6.20. The van der Waals surface area contributed by atoms with Gasteiger partial charge >= 0.3 is 0 Å². The Hall–Kier alpha value is -2.75. The highest BCUT2D eigenvalue weighted by atomic mass is 35.5. The minimum atomic E-state index is -0.699. The van der Waals surface area contributed by atoms with Gasteiger partial charge in [0.05, 0.1) is 21.5 Å². The first-order valence-corrected chi connectivity index (χ1v) is 10.5. The van der Waals surface area contributed by atoms with Crippen LogP contribution < -0.4 is 17.2 Å². The van der Waals surface area contributed by atoms with Gasteiger partial charge in [0.15, 0.2) is 0 Å². The van der Waals surface area contributed by atoms with Gasteiger partial charge in [0, 0.05) is 15.6 Å². The van der Waals surface area contributed by atoms with Crippen LogP contribution in [-0.4, -0.2) is 21.4 Å². The smallest absolute Gasteiger partial charge is 0.223 e. The molecule has 3 rings (SSSR count). The number of nitrogen functional groups attached to an aromatic ring is 3. The molecule has 1 atom stereocenters. The normalized spacial score (nSPS) is 11.9. The maximum atomic E-state index is 11.3. The van der Waals surface area contributed by atoms with E-state index in [9.17, 15) is 10.1 Å². The van der Waals surface area contributed by atoms with Gasteiger partial charge in [-0.2, -0.15) is 9.97 Å². The molecule has 0 spiro atoms. The number of nitrogens with zero attached hydrogens (tertiary/aromatic N) is 3. The Balaban J connectivity index is 1.82. The first-order valence-electron chi connectivity index (χ1n) is 8.71. The van der Waals surface area contributed by atoms with Gasteiger partial charge in [-0.1, -0.05) is 41.4 Å². The number of benzene rings is 2. The lowest BCUT2D eigenvalue weighted by molar-refractivity contribution is -0.481. The summed E-state index contributed by atoms with van der Waals surface area (Å²) in [4.78, 5) is 19.6. The van der Waals surface area contributed by atoms with Gasteiger partial charge in [0.25, 0.3) is 0 Å². The van der Waals surface area contributed by atoms with Gasteiger partial charge in [-0.3, -0.25) is 10.1 Å². The number of thioether (sulfide) groups is 1. The van der Waals surface area contributed by atoms with Crippen molar-refractivity contribution in [3.63, 3.8) is 0 Å². The van der Waals surface area contributed by atoms with Crippen LogP contribution in [0, 0.1) is 10.1 Å². The van der Waals surface area contributed by atoms with Crippen LogP contribution in [0.2, 0.25) is 10.0 Å². The van der Waals surface area contributed by atoms with E-state index < -0.39 is 17.4 Å². The van der Waals surface area contributed by atoms with Crippen LogP contribution in [0.5, 0.6) is 0 Å². The zero-order valence-corrected chi connectivity index (χ0v) is 17.9. The molecule has 8 nitrogen and oxygen atoms in total. The largest absolute Gasteiger partial charge is 0.383 e. The number of rotatable bonds is 7. The number of hydrogen-bond acceptors (Lipinski definition) is 8. The van der Waals surface area contributed by atoms with Gasteiger partial charge in [-0.15, -0.1) is 11.8 Å². The lowest BCUT2D eigenvalue weighted by Gasteiger charge is -2.17.